The van der Waals surface area contributed by atoms with E-state index in [0.29, 0.717) is 0 Å². The van der Waals surface area contributed by atoms with E-state index in [1.807, 2.05) is 0 Å². The van der Waals surface area contributed by atoms with E-state index in [9.17, 15) is 38.0 Å². The lowest BCUT2D eigenvalue weighted by molar-refractivity contribution is -0.137. The number of carboxylic acids is 1. The van der Waals surface area contributed by atoms with Crippen LogP contribution in [0.1, 0.15) is 44.7 Å². The third-order valence-electron chi connectivity index (χ3n) is 7.11. The number of likely N-dealkylation sites (tertiary alicyclic amines) is 1. The Morgan fingerprint density at radius 2 is 1.52 bits per heavy atom. The Kier molecular flexibility index (Phi) is 7.59. The zero-order chi connectivity index (χ0) is 28.7. The van der Waals surface area contributed by atoms with Gasteiger partial charge >= 0.3 is 20.2 Å². The van der Waals surface area contributed by atoms with Crippen molar-refractivity contribution in [2.75, 3.05) is 13.1 Å². The van der Waals surface area contributed by atoms with E-state index in [-0.39, 0.29) is 72.3 Å². The topological polar surface area (TPSA) is 175 Å². The molecule has 2 aromatic carbocycles. The molecule has 0 saturated carbocycles. The summed E-state index contributed by atoms with van der Waals surface area (Å²) in [6.07, 6.45) is -0.436. The number of amides is 3. The first-order chi connectivity index (χ1) is 19.0. The van der Waals surface area contributed by atoms with Crippen molar-refractivity contribution in [3.8, 4) is 0 Å². The van der Waals surface area contributed by atoms with E-state index >= 15 is 0 Å². The van der Waals surface area contributed by atoms with Gasteiger partial charge in [0, 0.05) is 41.4 Å². The highest BCUT2D eigenvalue weighted by Gasteiger charge is 2.42. The van der Waals surface area contributed by atoms with Crippen molar-refractivity contribution in [3.63, 3.8) is 0 Å². The van der Waals surface area contributed by atoms with E-state index in [1.165, 1.54) is 12.1 Å². The number of aliphatic carboxylic acids is 1. The van der Waals surface area contributed by atoms with Crippen molar-refractivity contribution in [3.05, 3.63) is 58.2 Å². The summed E-state index contributed by atoms with van der Waals surface area (Å²) in [5, 5.41) is 33.8. The number of hydrogen-bond donors (Lipinski definition) is 5. The Labute approximate surface area is 226 Å². The molecule has 0 aromatic heterocycles. The molecule has 16 heteroatoms. The molecule has 5 rings (SSSR count). The Balaban J connectivity index is 1.37. The van der Waals surface area contributed by atoms with Crippen molar-refractivity contribution in [2.45, 2.75) is 38.1 Å². The molecule has 12 nitrogen and oxygen atoms in total. The van der Waals surface area contributed by atoms with Crippen LogP contribution in [0.25, 0.3) is 0 Å². The molecule has 1 unspecified atom stereocenters. The second kappa shape index (κ2) is 11.0. The van der Waals surface area contributed by atoms with Gasteiger partial charge in [0.05, 0.1) is 19.6 Å². The van der Waals surface area contributed by atoms with Crippen molar-refractivity contribution in [1.82, 2.24) is 15.5 Å². The van der Waals surface area contributed by atoms with Gasteiger partial charge in [0.25, 0.3) is 11.8 Å². The highest BCUT2D eigenvalue weighted by molar-refractivity contribution is 6.62. The molecule has 0 aliphatic carbocycles. The summed E-state index contributed by atoms with van der Waals surface area (Å²) < 4.78 is 39.1. The lowest BCUT2D eigenvalue weighted by atomic mass is 9.78. The average molecular weight is 557 g/mol. The Morgan fingerprint density at radius 1 is 0.950 bits per heavy atom. The first-order valence-corrected chi connectivity index (χ1v) is 12.4. The maximum Gasteiger partial charge on any atom is 0.491 e. The minimum absolute atomic E-state index is 0.0747. The van der Waals surface area contributed by atoms with Crippen LogP contribution >= 0.6 is 0 Å². The summed E-state index contributed by atoms with van der Waals surface area (Å²) in [6.45, 7) is -0.706. The standard InChI is InChI=1S/C24H23B2F2N3O9/c27-18-5-11(3-16-14(18)9-39-25(16)37)22(34)30-13-7-20(23(35)29-2-1-21(32)33)31(8-13)24(36)12-4-17-15(19(28)6-12)10-40-26(17)38/h3-6,13,20,37-38H,1-2,7-10H2,(H,29,35)(H,30,34)(H,32,33)/t13?,20-/m0/s1. The van der Waals surface area contributed by atoms with Gasteiger partial charge in [0.1, 0.15) is 17.7 Å². The summed E-state index contributed by atoms with van der Waals surface area (Å²) >= 11 is 0. The normalized spacial score (nSPS) is 19.4. The smallest absolute Gasteiger partial charge is 0.481 e. The SMILES string of the molecule is O=C(O)CCNC(=O)[C@@H]1CC(NC(=O)c2cc(F)c3c(c2)B(O)OC3)CN1C(=O)c1cc(F)c2c(c1)B(O)OC2. The molecule has 208 valence electrons. The van der Waals surface area contributed by atoms with Crippen LogP contribution in [0.5, 0.6) is 0 Å². The molecule has 3 heterocycles. The van der Waals surface area contributed by atoms with E-state index < -0.39 is 61.6 Å². The summed E-state index contributed by atoms with van der Waals surface area (Å²) in [5.74, 6) is -4.82. The van der Waals surface area contributed by atoms with Gasteiger partial charge in [-0.25, -0.2) is 8.78 Å². The monoisotopic (exact) mass is 557 g/mol. The number of carboxylic acid groups (broad SMARTS) is 1. The number of nitrogens with zero attached hydrogens (tertiary/aromatic N) is 1. The number of carbonyl (C=O) groups is 4. The van der Waals surface area contributed by atoms with Gasteiger partial charge in [-0.2, -0.15) is 0 Å². The lowest BCUT2D eigenvalue weighted by Crippen LogP contribution is -2.46. The molecule has 40 heavy (non-hydrogen) atoms. The fraction of sp³-hybridized carbons (Fsp3) is 0.333. The van der Waals surface area contributed by atoms with Crippen LogP contribution in [-0.4, -0.2) is 83.2 Å². The van der Waals surface area contributed by atoms with Crippen LogP contribution in [0.4, 0.5) is 8.78 Å². The van der Waals surface area contributed by atoms with Crippen molar-refractivity contribution >= 4 is 48.9 Å². The summed E-state index contributed by atoms with van der Waals surface area (Å²) in [7, 11) is -2.80. The molecule has 0 bridgehead atoms. The predicted octanol–water partition coefficient (Wildman–Crippen LogP) is -2.00. The second-order valence-corrected chi connectivity index (χ2v) is 9.69. The number of hydrogen-bond acceptors (Lipinski definition) is 8. The first-order valence-electron chi connectivity index (χ1n) is 12.4. The largest absolute Gasteiger partial charge is 0.491 e. The zero-order valence-electron chi connectivity index (χ0n) is 20.9. The van der Waals surface area contributed by atoms with Crippen molar-refractivity contribution in [1.29, 1.82) is 0 Å². The number of benzene rings is 2. The van der Waals surface area contributed by atoms with Crippen LogP contribution in [0.2, 0.25) is 0 Å². The molecule has 5 N–H and O–H groups in total. The van der Waals surface area contributed by atoms with Crippen LogP contribution in [-0.2, 0) is 32.1 Å². The number of rotatable bonds is 7. The minimum Gasteiger partial charge on any atom is -0.481 e. The molecule has 2 aromatic rings. The average Bonchev–Trinajstić information content (AvgIpc) is 3.61. The Morgan fingerprint density at radius 3 is 2.12 bits per heavy atom. The van der Waals surface area contributed by atoms with E-state index in [1.54, 1.807) is 0 Å². The highest BCUT2D eigenvalue weighted by Crippen LogP contribution is 2.24. The fourth-order valence-electron chi connectivity index (χ4n) is 5.08. The molecule has 0 radical (unpaired) electrons. The second-order valence-electron chi connectivity index (χ2n) is 9.69. The molecule has 3 aliphatic rings. The van der Waals surface area contributed by atoms with Gasteiger partial charge in [-0.05, 0) is 41.6 Å². The number of carbonyl (C=O) groups excluding carboxylic acids is 3. The summed E-state index contributed by atoms with van der Waals surface area (Å²) in [6, 6.07) is 2.57. The summed E-state index contributed by atoms with van der Waals surface area (Å²) in [4.78, 5) is 51.4. The molecule has 3 amide bonds. The van der Waals surface area contributed by atoms with Crippen molar-refractivity contribution in [2.24, 2.45) is 0 Å². The van der Waals surface area contributed by atoms with Crippen LogP contribution < -0.4 is 21.6 Å². The third kappa shape index (κ3) is 5.30. The Bertz CT molecular complexity index is 1410. The van der Waals surface area contributed by atoms with E-state index in [4.69, 9.17) is 14.4 Å². The van der Waals surface area contributed by atoms with Gasteiger partial charge in [-0.1, -0.05) is 0 Å². The van der Waals surface area contributed by atoms with Crippen LogP contribution in [0.15, 0.2) is 24.3 Å². The van der Waals surface area contributed by atoms with Gasteiger partial charge in [0.15, 0.2) is 0 Å². The fourth-order valence-corrected chi connectivity index (χ4v) is 5.08. The molecule has 1 saturated heterocycles. The maximum atomic E-state index is 14.6. The third-order valence-corrected chi connectivity index (χ3v) is 7.11. The maximum absolute atomic E-state index is 14.6. The van der Waals surface area contributed by atoms with Gasteiger partial charge in [-0.15, -0.1) is 0 Å². The van der Waals surface area contributed by atoms with Gasteiger partial charge < -0.3 is 40.0 Å². The minimum atomic E-state index is -1.42. The van der Waals surface area contributed by atoms with Crippen molar-refractivity contribution < 1.29 is 52.4 Å². The van der Waals surface area contributed by atoms with E-state index in [2.05, 4.69) is 10.6 Å². The first kappa shape index (κ1) is 27.7. The molecule has 0 spiro atoms. The molecule has 3 aliphatic heterocycles. The quantitative estimate of drug-likeness (QED) is 0.242. The summed E-state index contributed by atoms with van der Waals surface area (Å²) in [5.41, 5.74) is 0.176. The predicted molar refractivity (Wildman–Crippen MR) is 134 cm³/mol. The lowest BCUT2D eigenvalue weighted by Gasteiger charge is -2.24. The number of fused-ring (bicyclic) bond motifs is 2. The van der Waals surface area contributed by atoms with Gasteiger partial charge in [0.2, 0.25) is 5.91 Å². The van der Waals surface area contributed by atoms with E-state index in [0.717, 1.165) is 17.0 Å². The van der Waals surface area contributed by atoms with Gasteiger partial charge in [-0.3, -0.25) is 19.2 Å². The van der Waals surface area contributed by atoms with Crippen LogP contribution in [0.3, 0.4) is 0 Å². The number of nitrogens with one attached hydrogen (secondary N) is 2. The zero-order valence-corrected chi connectivity index (χ0v) is 20.9. The highest BCUT2D eigenvalue weighted by atomic mass is 19.1. The molecular weight excluding hydrogens is 534 g/mol. The van der Waals surface area contributed by atoms with Crippen LogP contribution in [0, 0.1) is 11.6 Å². The number of halogens is 2. The Hall–Kier alpha value is -3.85. The molecule has 2 atom stereocenters. The molecular formula is C24H23B2F2N3O9. The molecule has 1 fully saturated rings.